The van der Waals surface area contributed by atoms with E-state index < -0.39 is 10.0 Å². The van der Waals surface area contributed by atoms with E-state index in [0.717, 1.165) is 25.9 Å². The molecule has 2 aromatic rings. The van der Waals surface area contributed by atoms with Crippen LogP contribution >= 0.6 is 12.2 Å². The Kier molecular flexibility index (Phi) is 5.96. The molecule has 0 atom stereocenters. The summed E-state index contributed by atoms with van der Waals surface area (Å²) in [5.74, 6) is 1.56. The Balaban J connectivity index is 1.60. The van der Waals surface area contributed by atoms with Gasteiger partial charge in [-0.15, -0.1) is 5.10 Å². The van der Waals surface area contributed by atoms with E-state index in [0.29, 0.717) is 29.4 Å². The highest BCUT2D eigenvalue weighted by molar-refractivity contribution is 7.89. The Morgan fingerprint density at radius 3 is 2.73 bits per heavy atom. The molecule has 8 nitrogen and oxygen atoms in total. The second kappa shape index (κ2) is 8.03. The summed E-state index contributed by atoms with van der Waals surface area (Å²) in [6.07, 6.45) is 3.81. The first kappa shape index (κ1) is 19.3. The molecule has 144 valence electrons. The number of hydrogen-bond donors (Lipinski definition) is 1. The van der Waals surface area contributed by atoms with Gasteiger partial charge >= 0.3 is 0 Å². The number of furan rings is 1. The van der Waals surface area contributed by atoms with Gasteiger partial charge in [-0.05, 0) is 43.6 Å². The van der Waals surface area contributed by atoms with Crippen LogP contribution in [-0.2, 0) is 23.7 Å². The number of rotatable bonds is 7. The van der Waals surface area contributed by atoms with Crippen molar-refractivity contribution in [2.45, 2.75) is 38.9 Å². The lowest BCUT2D eigenvalue weighted by Gasteiger charge is -2.31. The number of likely N-dealkylation sites (tertiary alicyclic amines) is 1. The van der Waals surface area contributed by atoms with Gasteiger partial charge in [0.15, 0.2) is 16.4 Å². The highest BCUT2D eigenvalue weighted by atomic mass is 32.2. The molecule has 0 aromatic carbocycles. The Bertz CT molecular complexity index is 878. The molecule has 0 aliphatic carbocycles. The molecule has 1 fully saturated rings. The van der Waals surface area contributed by atoms with E-state index >= 15 is 0 Å². The molecule has 0 saturated carbocycles. The molecule has 0 radical (unpaired) electrons. The molecule has 0 unspecified atom stereocenters. The van der Waals surface area contributed by atoms with Crippen LogP contribution in [0.5, 0.6) is 0 Å². The SMILES string of the molecule is CCCS(=O)(=O)NC1CCN(Cn2nc(-c3ccco3)n(C)c2=S)CC1. The maximum absolute atomic E-state index is 11.9. The Morgan fingerprint density at radius 2 is 2.12 bits per heavy atom. The fourth-order valence-electron chi connectivity index (χ4n) is 3.16. The minimum absolute atomic E-state index is 0.0122. The fourth-order valence-corrected chi connectivity index (χ4v) is 4.75. The van der Waals surface area contributed by atoms with Crippen LogP contribution in [0.15, 0.2) is 22.8 Å². The molecular formula is C16H25N5O3S2. The zero-order valence-electron chi connectivity index (χ0n) is 15.1. The third-order valence-corrected chi connectivity index (χ3v) is 6.65. The molecule has 2 aromatic heterocycles. The van der Waals surface area contributed by atoms with Gasteiger partial charge in [-0.2, -0.15) is 0 Å². The number of nitrogens with zero attached hydrogens (tertiary/aromatic N) is 4. The normalized spacial score (nSPS) is 17.0. The summed E-state index contributed by atoms with van der Waals surface area (Å²) < 4.78 is 36.3. The highest BCUT2D eigenvalue weighted by Gasteiger charge is 2.24. The van der Waals surface area contributed by atoms with Crippen molar-refractivity contribution >= 4 is 22.2 Å². The van der Waals surface area contributed by atoms with Gasteiger partial charge in [-0.3, -0.25) is 4.90 Å². The monoisotopic (exact) mass is 399 g/mol. The van der Waals surface area contributed by atoms with Gasteiger partial charge < -0.3 is 8.98 Å². The molecule has 10 heteroatoms. The minimum atomic E-state index is -3.16. The average molecular weight is 400 g/mol. The van der Waals surface area contributed by atoms with Crippen LogP contribution in [0.4, 0.5) is 0 Å². The topological polar surface area (TPSA) is 85.3 Å². The summed E-state index contributed by atoms with van der Waals surface area (Å²) in [4.78, 5) is 2.24. The Hall–Kier alpha value is -1.49. The van der Waals surface area contributed by atoms with Crippen LogP contribution in [0.3, 0.4) is 0 Å². The molecule has 1 N–H and O–H groups in total. The van der Waals surface area contributed by atoms with E-state index in [1.165, 1.54) is 0 Å². The maximum atomic E-state index is 11.9. The average Bonchev–Trinajstić information content (AvgIpc) is 3.20. The zero-order chi connectivity index (χ0) is 18.7. The number of piperidine rings is 1. The lowest BCUT2D eigenvalue weighted by Crippen LogP contribution is -2.45. The molecule has 3 heterocycles. The van der Waals surface area contributed by atoms with Crippen molar-refractivity contribution in [3.63, 3.8) is 0 Å². The zero-order valence-corrected chi connectivity index (χ0v) is 16.7. The minimum Gasteiger partial charge on any atom is -0.461 e. The predicted molar refractivity (Wildman–Crippen MR) is 102 cm³/mol. The number of aromatic nitrogens is 3. The Morgan fingerprint density at radius 1 is 1.38 bits per heavy atom. The molecule has 26 heavy (non-hydrogen) atoms. The first-order chi connectivity index (χ1) is 12.4. The summed E-state index contributed by atoms with van der Waals surface area (Å²) in [5.41, 5.74) is 0. The van der Waals surface area contributed by atoms with Gasteiger partial charge in [-0.25, -0.2) is 17.8 Å². The summed E-state index contributed by atoms with van der Waals surface area (Å²) in [5, 5.41) is 4.58. The number of nitrogens with one attached hydrogen (secondary N) is 1. The standard InChI is InChI=1S/C16H25N5O3S2/c1-3-11-26(22,23)18-13-6-8-20(9-7-13)12-21-16(25)19(2)15(17-21)14-5-4-10-24-14/h4-5,10,13,18H,3,6-9,11-12H2,1-2H3. The van der Waals surface area contributed by atoms with E-state index in [1.807, 2.05) is 30.7 Å². The van der Waals surface area contributed by atoms with Crippen molar-refractivity contribution in [3.05, 3.63) is 23.2 Å². The van der Waals surface area contributed by atoms with E-state index in [4.69, 9.17) is 16.6 Å². The second-order valence-corrected chi connectivity index (χ2v) is 8.85. The van der Waals surface area contributed by atoms with Gasteiger partial charge in [0, 0.05) is 26.2 Å². The van der Waals surface area contributed by atoms with E-state index in [9.17, 15) is 8.42 Å². The van der Waals surface area contributed by atoms with E-state index in [1.54, 1.807) is 10.9 Å². The second-order valence-electron chi connectivity index (χ2n) is 6.61. The lowest BCUT2D eigenvalue weighted by molar-refractivity contribution is 0.157. The van der Waals surface area contributed by atoms with Crippen molar-refractivity contribution in [1.82, 2.24) is 24.0 Å². The quantitative estimate of drug-likeness (QED) is 0.717. The fraction of sp³-hybridized carbons (Fsp3) is 0.625. The van der Waals surface area contributed by atoms with Crippen molar-refractivity contribution in [2.24, 2.45) is 7.05 Å². The smallest absolute Gasteiger partial charge is 0.211 e. The van der Waals surface area contributed by atoms with Crippen molar-refractivity contribution in [2.75, 3.05) is 18.8 Å². The highest BCUT2D eigenvalue weighted by Crippen LogP contribution is 2.18. The lowest BCUT2D eigenvalue weighted by atomic mass is 10.1. The number of sulfonamides is 1. The van der Waals surface area contributed by atoms with Crippen molar-refractivity contribution in [1.29, 1.82) is 0 Å². The van der Waals surface area contributed by atoms with E-state index in [2.05, 4.69) is 14.7 Å². The van der Waals surface area contributed by atoms with Crippen molar-refractivity contribution < 1.29 is 12.8 Å². The molecule has 0 spiro atoms. The molecule has 1 aliphatic rings. The molecule has 1 saturated heterocycles. The van der Waals surface area contributed by atoms with Gasteiger partial charge in [0.2, 0.25) is 10.0 Å². The first-order valence-corrected chi connectivity index (χ1v) is 10.9. The first-order valence-electron chi connectivity index (χ1n) is 8.79. The molecule has 1 aliphatic heterocycles. The van der Waals surface area contributed by atoms with Gasteiger partial charge in [0.1, 0.15) is 0 Å². The van der Waals surface area contributed by atoms with Crippen molar-refractivity contribution in [3.8, 4) is 11.6 Å². The largest absolute Gasteiger partial charge is 0.461 e. The predicted octanol–water partition coefficient (Wildman–Crippen LogP) is 1.96. The van der Waals surface area contributed by atoms with Gasteiger partial charge in [0.25, 0.3) is 0 Å². The van der Waals surface area contributed by atoms with E-state index in [-0.39, 0.29) is 11.8 Å². The summed E-state index contributed by atoms with van der Waals surface area (Å²) in [6.45, 7) is 4.05. The van der Waals surface area contributed by atoms with Crippen LogP contribution in [0.2, 0.25) is 0 Å². The van der Waals surface area contributed by atoms with Crippen LogP contribution < -0.4 is 4.72 Å². The van der Waals surface area contributed by atoms with Crippen LogP contribution in [0.25, 0.3) is 11.6 Å². The summed E-state index contributed by atoms with van der Waals surface area (Å²) in [7, 11) is -1.28. The molecule has 3 rings (SSSR count). The molecular weight excluding hydrogens is 374 g/mol. The maximum Gasteiger partial charge on any atom is 0.211 e. The van der Waals surface area contributed by atoms with Crippen LogP contribution in [0, 0.1) is 4.77 Å². The summed E-state index contributed by atoms with van der Waals surface area (Å²) >= 11 is 5.48. The number of hydrogen-bond acceptors (Lipinski definition) is 6. The molecule has 0 bridgehead atoms. The van der Waals surface area contributed by atoms with Crippen LogP contribution in [-0.4, -0.2) is 52.5 Å². The van der Waals surface area contributed by atoms with Crippen LogP contribution in [0.1, 0.15) is 26.2 Å². The van der Waals surface area contributed by atoms with Gasteiger partial charge in [-0.1, -0.05) is 6.92 Å². The molecule has 0 amide bonds. The van der Waals surface area contributed by atoms with Gasteiger partial charge in [0.05, 0.1) is 18.7 Å². The third-order valence-electron chi connectivity index (χ3n) is 4.52. The third kappa shape index (κ3) is 4.43. The summed E-state index contributed by atoms with van der Waals surface area (Å²) in [6, 6.07) is 3.69. The Labute approximate surface area is 158 Å².